The lowest BCUT2D eigenvalue weighted by Crippen LogP contribution is -2.55. The molecule has 1 aromatic rings. The van der Waals surface area contributed by atoms with Crippen LogP contribution in [0.25, 0.3) is 0 Å². The number of piperidine rings is 1. The number of fused-ring (bicyclic) bond motifs is 2. The van der Waals surface area contributed by atoms with Crippen LogP contribution in [0.3, 0.4) is 0 Å². The Kier molecular flexibility index (Phi) is 2.29. The van der Waals surface area contributed by atoms with Crippen molar-refractivity contribution in [1.82, 2.24) is 0 Å². The average Bonchev–Trinajstić information content (AvgIpc) is 2.18. The van der Waals surface area contributed by atoms with Crippen molar-refractivity contribution in [2.45, 2.75) is 16.9 Å². The van der Waals surface area contributed by atoms with Gasteiger partial charge >= 0.3 is 0 Å². The smallest absolute Gasteiger partial charge is 0.240 e. The normalized spacial score (nSPS) is 28.9. The van der Waals surface area contributed by atoms with Crippen molar-refractivity contribution in [3.05, 3.63) is 28.7 Å². The van der Waals surface area contributed by atoms with Crippen LogP contribution in [0.15, 0.2) is 28.7 Å². The molecule has 2 nitrogen and oxygen atoms in total. The molecule has 1 aromatic carbocycles. The average molecular weight is 284 g/mol. The van der Waals surface area contributed by atoms with E-state index < -0.39 is 0 Å². The number of carbonyl (C=O) groups is 1. The van der Waals surface area contributed by atoms with Crippen molar-refractivity contribution in [2.24, 2.45) is 0 Å². The quantitative estimate of drug-likeness (QED) is 0.790. The minimum absolute atomic E-state index is 0.229. The van der Waals surface area contributed by atoms with Gasteiger partial charge in [0, 0.05) is 22.0 Å². The van der Waals surface area contributed by atoms with E-state index in [-0.39, 0.29) is 11.2 Å². The zero-order valence-corrected chi connectivity index (χ0v) is 10.4. The molecule has 4 rings (SSSR count). The molecule has 2 bridgehead atoms. The summed E-state index contributed by atoms with van der Waals surface area (Å²) in [7, 11) is 0. The van der Waals surface area contributed by atoms with E-state index in [1.807, 2.05) is 40.9 Å². The maximum Gasteiger partial charge on any atom is 0.240 e. The van der Waals surface area contributed by atoms with E-state index in [0.717, 1.165) is 23.1 Å². The minimum atomic E-state index is 0.229. The van der Waals surface area contributed by atoms with Crippen molar-refractivity contribution in [3.63, 3.8) is 0 Å². The molecule has 78 valence electrons. The fourth-order valence-corrected chi connectivity index (χ4v) is 3.55. The van der Waals surface area contributed by atoms with Crippen LogP contribution in [0.4, 0.5) is 5.69 Å². The first-order valence-electron chi connectivity index (χ1n) is 4.96. The lowest BCUT2D eigenvalue weighted by molar-refractivity contribution is -0.119. The van der Waals surface area contributed by atoms with Gasteiger partial charge in [-0.3, -0.25) is 4.79 Å². The molecule has 4 heteroatoms. The van der Waals surface area contributed by atoms with Gasteiger partial charge in [0.2, 0.25) is 5.91 Å². The second-order valence-electron chi connectivity index (χ2n) is 3.91. The molecule has 0 aromatic heterocycles. The Morgan fingerprint density at radius 2 is 2.00 bits per heavy atom. The van der Waals surface area contributed by atoms with Crippen LogP contribution in [-0.2, 0) is 4.79 Å². The molecule has 0 radical (unpaired) electrons. The summed E-state index contributed by atoms with van der Waals surface area (Å²) < 4.78 is 1.05. The van der Waals surface area contributed by atoms with E-state index in [2.05, 4.69) is 15.9 Å². The van der Waals surface area contributed by atoms with E-state index in [4.69, 9.17) is 0 Å². The van der Waals surface area contributed by atoms with Crippen molar-refractivity contribution in [3.8, 4) is 0 Å². The predicted octanol–water partition coefficient (Wildman–Crippen LogP) is 2.67. The van der Waals surface area contributed by atoms with Crippen LogP contribution in [0.2, 0.25) is 0 Å². The molecule has 15 heavy (non-hydrogen) atoms. The summed E-state index contributed by atoms with van der Waals surface area (Å²) in [5.74, 6) is 0.282. The molecule has 0 N–H and O–H groups in total. The third-order valence-corrected chi connectivity index (χ3v) is 4.88. The SMILES string of the molecule is O=C1C2CC(CN1c1ccc(Br)cc1)S2. The Labute approximate surface area is 101 Å². The molecule has 2 atom stereocenters. The maximum absolute atomic E-state index is 11.9. The van der Waals surface area contributed by atoms with Gasteiger partial charge in [0.25, 0.3) is 0 Å². The van der Waals surface area contributed by atoms with Gasteiger partial charge in [0.05, 0.1) is 5.25 Å². The van der Waals surface area contributed by atoms with Gasteiger partial charge in [0.15, 0.2) is 0 Å². The van der Waals surface area contributed by atoms with Crippen LogP contribution in [0.1, 0.15) is 6.42 Å². The minimum Gasteiger partial charge on any atom is -0.310 e. The van der Waals surface area contributed by atoms with Gasteiger partial charge in [-0.2, -0.15) is 0 Å². The first kappa shape index (κ1) is 9.73. The molecule has 3 aliphatic rings. The number of halogens is 1. The molecule has 3 fully saturated rings. The fraction of sp³-hybridized carbons (Fsp3) is 0.364. The largest absolute Gasteiger partial charge is 0.310 e. The van der Waals surface area contributed by atoms with Crippen LogP contribution >= 0.6 is 27.7 Å². The molecule has 0 saturated carbocycles. The highest BCUT2D eigenvalue weighted by Crippen LogP contribution is 2.43. The second kappa shape index (κ2) is 3.52. The van der Waals surface area contributed by atoms with Gasteiger partial charge in [0.1, 0.15) is 0 Å². The van der Waals surface area contributed by atoms with Crippen molar-refractivity contribution in [1.29, 1.82) is 0 Å². The van der Waals surface area contributed by atoms with Crippen molar-refractivity contribution in [2.75, 3.05) is 11.4 Å². The standard InChI is InChI=1S/C11H10BrNOS/c12-7-1-3-8(4-2-7)13-6-9-5-10(15-9)11(13)14/h1-4,9-10H,5-6H2. The van der Waals surface area contributed by atoms with E-state index in [9.17, 15) is 4.79 Å². The van der Waals surface area contributed by atoms with Gasteiger partial charge in [-0.25, -0.2) is 0 Å². The second-order valence-corrected chi connectivity index (χ2v) is 6.33. The summed E-state index contributed by atoms with van der Waals surface area (Å²) in [4.78, 5) is 13.9. The molecule has 2 unspecified atom stereocenters. The number of hydrogen-bond donors (Lipinski definition) is 0. The highest BCUT2D eigenvalue weighted by atomic mass is 79.9. The lowest BCUT2D eigenvalue weighted by atomic mass is 10.1. The summed E-state index contributed by atoms with van der Waals surface area (Å²) >= 11 is 5.22. The van der Waals surface area contributed by atoms with E-state index >= 15 is 0 Å². The zero-order chi connectivity index (χ0) is 10.4. The van der Waals surface area contributed by atoms with Gasteiger partial charge < -0.3 is 4.90 Å². The van der Waals surface area contributed by atoms with E-state index in [1.165, 1.54) is 0 Å². The zero-order valence-electron chi connectivity index (χ0n) is 8.02. The Balaban J connectivity index is 1.88. The monoisotopic (exact) mass is 283 g/mol. The Morgan fingerprint density at radius 3 is 2.60 bits per heavy atom. The summed E-state index contributed by atoms with van der Waals surface area (Å²) in [5.41, 5.74) is 1.03. The Hall–Kier alpha value is -0.480. The predicted molar refractivity (Wildman–Crippen MR) is 66.3 cm³/mol. The molecule has 0 aliphatic carbocycles. The van der Waals surface area contributed by atoms with Crippen molar-refractivity contribution >= 4 is 39.3 Å². The number of rotatable bonds is 1. The maximum atomic E-state index is 11.9. The summed E-state index contributed by atoms with van der Waals surface area (Å²) in [5, 5.41) is 0.892. The first-order valence-corrected chi connectivity index (χ1v) is 6.70. The van der Waals surface area contributed by atoms with Crippen LogP contribution in [0, 0.1) is 0 Å². The molecular formula is C11H10BrNOS. The summed E-state index contributed by atoms with van der Waals surface area (Å²) in [6.07, 6.45) is 1.08. The lowest BCUT2D eigenvalue weighted by Gasteiger charge is -2.45. The highest BCUT2D eigenvalue weighted by molar-refractivity contribution is 9.10. The molecule has 3 saturated heterocycles. The molecular weight excluding hydrogens is 274 g/mol. The fourth-order valence-electron chi connectivity index (χ4n) is 2.06. The molecule has 0 spiro atoms. The molecule has 1 amide bonds. The van der Waals surface area contributed by atoms with Gasteiger partial charge in [-0.15, -0.1) is 11.8 Å². The highest BCUT2D eigenvalue weighted by Gasteiger charge is 2.44. The van der Waals surface area contributed by atoms with Gasteiger partial charge in [-0.1, -0.05) is 15.9 Å². The molecule has 3 aliphatic heterocycles. The third-order valence-electron chi connectivity index (χ3n) is 2.90. The van der Waals surface area contributed by atoms with Crippen LogP contribution in [0.5, 0.6) is 0 Å². The van der Waals surface area contributed by atoms with E-state index in [0.29, 0.717) is 5.25 Å². The third kappa shape index (κ3) is 1.60. The van der Waals surface area contributed by atoms with E-state index in [1.54, 1.807) is 0 Å². The summed E-state index contributed by atoms with van der Waals surface area (Å²) in [6.45, 7) is 0.877. The number of nitrogens with zero attached hydrogens (tertiary/aromatic N) is 1. The first-order chi connectivity index (χ1) is 7.24. The number of benzene rings is 1. The van der Waals surface area contributed by atoms with Crippen LogP contribution < -0.4 is 4.90 Å². The topological polar surface area (TPSA) is 20.3 Å². The Morgan fingerprint density at radius 1 is 1.33 bits per heavy atom. The molecule has 3 heterocycles. The van der Waals surface area contributed by atoms with Crippen LogP contribution in [-0.4, -0.2) is 23.0 Å². The van der Waals surface area contributed by atoms with Gasteiger partial charge in [-0.05, 0) is 30.7 Å². The van der Waals surface area contributed by atoms with Crippen molar-refractivity contribution < 1.29 is 4.79 Å². The number of carbonyl (C=O) groups excluding carboxylic acids is 1. The Bertz CT molecular complexity index is 400. The number of anilines is 1. The number of hydrogen-bond acceptors (Lipinski definition) is 2. The summed E-state index contributed by atoms with van der Waals surface area (Å²) in [6, 6.07) is 7.96. The number of thioether (sulfide) groups is 1. The number of amides is 1.